The fourth-order valence-corrected chi connectivity index (χ4v) is 3.85. The molecule has 1 aromatic rings. The van der Waals surface area contributed by atoms with Gasteiger partial charge in [0.2, 0.25) is 0 Å². The number of allylic oxidation sites excluding steroid dienone is 6. The van der Waals surface area contributed by atoms with Gasteiger partial charge in [0.25, 0.3) is 0 Å². The molecule has 0 heterocycles. The van der Waals surface area contributed by atoms with Gasteiger partial charge in [-0.1, -0.05) is 67.1 Å². The standard InChI is InChI=1S/C19H18/c1-3-19(17-9-8-13(2)10-18(17)19)16-11-14-6-4-5-7-15(14)12-16/h4-7,9-11H,2-3,8,12H2,1H3. The van der Waals surface area contributed by atoms with E-state index in [4.69, 9.17) is 0 Å². The molecule has 0 amide bonds. The van der Waals surface area contributed by atoms with E-state index < -0.39 is 0 Å². The third-order valence-corrected chi connectivity index (χ3v) is 4.91. The lowest BCUT2D eigenvalue weighted by Crippen LogP contribution is -2.04. The molecule has 1 fully saturated rings. The van der Waals surface area contributed by atoms with E-state index in [-0.39, 0.29) is 5.41 Å². The highest BCUT2D eigenvalue weighted by atomic mass is 14.6. The van der Waals surface area contributed by atoms with Crippen LogP contribution in [0.4, 0.5) is 0 Å². The molecular formula is C19H18. The molecule has 0 aromatic heterocycles. The number of hydrogen-bond acceptors (Lipinski definition) is 0. The molecule has 0 radical (unpaired) electrons. The molecule has 19 heavy (non-hydrogen) atoms. The predicted molar refractivity (Wildman–Crippen MR) is 80.8 cm³/mol. The van der Waals surface area contributed by atoms with E-state index >= 15 is 0 Å². The van der Waals surface area contributed by atoms with Gasteiger partial charge in [-0.2, -0.15) is 0 Å². The lowest BCUT2D eigenvalue weighted by Gasteiger charge is -2.13. The molecule has 1 aromatic carbocycles. The third-order valence-electron chi connectivity index (χ3n) is 4.91. The van der Waals surface area contributed by atoms with Gasteiger partial charge < -0.3 is 0 Å². The van der Waals surface area contributed by atoms with E-state index in [1.165, 1.54) is 28.7 Å². The molecule has 3 aliphatic carbocycles. The van der Waals surface area contributed by atoms with Crippen LogP contribution in [0, 0.1) is 5.41 Å². The molecule has 0 nitrogen and oxygen atoms in total. The Morgan fingerprint density at radius 1 is 1.16 bits per heavy atom. The first-order valence-corrected chi connectivity index (χ1v) is 7.15. The van der Waals surface area contributed by atoms with Crippen molar-refractivity contribution in [1.29, 1.82) is 0 Å². The number of hydrogen-bond donors (Lipinski definition) is 0. The highest BCUT2D eigenvalue weighted by molar-refractivity contribution is 5.79. The van der Waals surface area contributed by atoms with Crippen molar-refractivity contribution in [2.75, 3.05) is 0 Å². The molecule has 1 atom stereocenters. The summed E-state index contributed by atoms with van der Waals surface area (Å²) in [7, 11) is 0. The zero-order valence-electron chi connectivity index (χ0n) is 11.4. The van der Waals surface area contributed by atoms with Crippen LogP contribution < -0.4 is 0 Å². The molecule has 1 saturated carbocycles. The van der Waals surface area contributed by atoms with Crippen LogP contribution in [0.5, 0.6) is 0 Å². The second kappa shape index (κ2) is 3.60. The van der Waals surface area contributed by atoms with E-state index in [0.717, 1.165) is 12.8 Å². The lowest BCUT2D eigenvalue weighted by atomic mass is 9.89. The van der Waals surface area contributed by atoms with E-state index in [1.54, 1.807) is 11.1 Å². The van der Waals surface area contributed by atoms with Gasteiger partial charge >= 0.3 is 0 Å². The van der Waals surface area contributed by atoms with Crippen LogP contribution in [0.25, 0.3) is 6.08 Å². The van der Waals surface area contributed by atoms with Gasteiger partial charge in [0.1, 0.15) is 0 Å². The average molecular weight is 246 g/mol. The van der Waals surface area contributed by atoms with Gasteiger partial charge in [0.15, 0.2) is 0 Å². The van der Waals surface area contributed by atoms with Crippen LogP contribution in [-0.4, -0.2) is 0 Å². The SMILES string of the molecule is C=C1C=C2C(=CC1)C2(CC)C1=Cc2ccccc2C1. The first-order valence-electron chi connectivity index (χ1n) is 7.15. The monoisotopic (exact) mass is 246 g/mol. The normalized spacial score (nSPS) is 27.2. The molecule has 4 rings (SSSR count). The Kier molecular flexibility index (Phi) is 2.09. The fraction of sp³-hybridized carbons (Fsp3) is 0.263. The summed E-state index contributed by atoms with van der Waals surface area (Å²) >= 11 is 0. The molecule has 0 aliphatic heterocycles. The maximum atomic E-state index is 4.12. The smallest absolute Gasteiger partial charge is 0.0418 e. The summed E-state index contributed by atoms with van der Waals surface area (Å²) in [4.78, 5) is 0. The summed E-state index contributed by atoms with van der Waals surface area (Å²) in [5.41, 5.74) is 9.08. The van der Waals surface area contributed by atoms with Crippen LogP contribution in [0.2, 0.25) is 0 Å². The molecule has 3 aliphatic rings. The van der Waals surface area contributed by atoms with Crippen molar-refractivity contribution in [3.05, 3.63) is 76.4 Å². The van der Waals surface area contributed by atoms with Crippen molar-refractivity contribution in [3.8, 4) is 0 Å². The Morgan fingerprint density at radius 3 is 2.74 bits per heavy atom. The third kappa shape index (κ3) is 1.35. The largest absolute Gasteiger partial charge is 0.0955 e. The van der Waals surface area contributed by atoms with E-state index in [9.17, 15) is 0 Å². The van der Waals surface area contributed by atoms with E-state index in [1.807, 2.05) is 0 Å². The summed E-state index contributed by atoms with van der Waals surface area (Å²) in [6.45, 7) is 6.43. The summed E-state index contributed by atoms with van der Waals surface area (Å²) in [6.07, 6.45) is 10.5. The average Bonchev–Trinajstić information content (AvgIpc) is 2.86. The maximum Gasteiger partial charge on any atom is 0.0418 e. The minimum Gasteiger partial charge on any atom is -0.0955 e. The van der Waals surface area contributed by atoms with Crippen molar-refractivity contribution in [2.24, 2.45) is 5.41 Å². The molecule has 1 unspecified atom stereocenters. The highest BCUT2D eigenvalue weighted by Gasteiger charge is 2.56. The Labute approximate surface area is 114 Å². The fourth-order valence-electron chi connectivity index (χ4n) is 3.85. The second-order valence-electron chi connectivity index (χ2n) is 5.84. The molecule has 0 spiro atoms. The molecule has 0 bridgehead atoms. The van der Waals surface area contributed by atoms with Crippen molar-refractivity contribution in [2.45, 2.75) is 26.2 Å². The van der Waals surface area contributed by atoms with Crippen molar-refractivity contribution in [1.82, 2.24) is 0 Å². The summed E-state index contributed by atoms with van der Waals surface area (Å²) < 4.78 is 0. The van der Waals surface area contributed by atoms with Crippen molar-refractivity contribution in [3.63, 3.8) is 0 Å². The zero-order valence-corrected chi connectivity index (χ0v) is 11.4. The second-order valence-corrected chi connectivity index (χ2v) is 5.84. The van der Waals surface area contributed by atoms with Gasteiger partial charge in [-0.25, -0.2) is 0 Å². The van der Waals surface area contributed by atoms with Crippen molar-refractivity contribution < 1.29 is 0 Å². The first-order chi connectivity index (χ1) is 9.25. The maximum absolute atomic E-state index is 4.12. The zero-order chi connectivity index (χ0) is 13.0. The molecular weight excluding hydrogens is 228 g/mol. The summed E-state index contributed by atoms with van der Waals surface area (Å²) in [5, 5.41) is 0. The molecule has 0 saturated heterocycles. The summed E-state index contributed by atoms with van der Waals surface area (Å²) in [5.74, 6) is 0. The van der Waals surface area contributed by atoms with Crippen LogP contribution in [0.3, 0.4) is 0 Å². The predicted octanol–water partition coefficient (Wildman–Crippen LogP) is 4.85. The molecule has 94 valence electrons. The number of rotatable bonds is 2. The van der Waals surface area contributed by atoms with Crippen LogP contribution in [-0.2, 0) is 6.42 Å². The van der Waals surface area contributed by atoms with E-state index in [2.05, 4.69) is 56.0 Å². The van der Waals surface area contributed by atoms with Gasteiger partial charge in [-0.15, -0.1) is 0 Å². The van der Waals surface area contributed by atoms with Crippen LogP contribution in [0.1, 0.15) is 30.9 Å². The Hall–Kier alpha value is -1.82. The van der Waals surface area contributed by atoms with Gasteiger partial charge in [-0.3, -0.25) is 0 Å². The Balaban J connectivity index is 1.79. The van der Waals surface area contributed by atoms with Crippen LogP contribution in [0.15, 0.2) is 65.3 Å². The van der Waals surface area contributed by atoms with E-state index in [0.29, 0.717) is 0 Å². The van der Waals surface area contributed by atoms with Gasteiger partial charge in [0.05, 0.1) is 0 Å². The highest BCUT2D eigenvalue weighted by Crippen LogP contribution is 2.68. The quantitative estimate of drug-likeness (QED) is 0.700. The molecule has 0 N–H and O–H groups in total. The Bertz CT molecular complexity index is 682. The minimum absolute atomic E-state index is 0.248. The topological polar surface area (TPSA) is 0 Å². The van der Waals surface area contributed by atoms with Gasteiger partial charge in [-0.05, 0) is 41.5 Å². The first kappa shape index (κ1) is 11.0. The number of fused-ring (bicyclic) bond motifs is 2. The molecule has 0 heteroatoms. The lowest BCUT2D eigenvalue weighted by molar-refractivity contribution is 0.644. The number of benzene rings is 1. The van der Waals surface area contributed by atoms with Gasteiger partial charge in [0, 0.05) is 5.41 Å². The summed E-state index contributed by atoms with van der Waals surface area (Å²) in [6, 6.07) is 8.78. The van der Waals surface area contributed by atoms with Crippen LogP contribution >= 0.6 is 0 Å². The Morgan fingerprint density at radius 2 is 2.00 bits per heavy atom. The van der Waals surface area contributed by atoms with Crippen molar-refractivity contribution >= 4 is 6.08 Å². The minimum atomic E-state index is 0.248.